The molecular formula is C15H16N. The number of anilines is 1. The molecule has 1 heteroatoms. The number of hydrogen-bond donors (Lipinski definition) is 0. The lowest BCUT2D eigenvalue weighted by atomic mass is 10.2. The first-order valence-corrected chi connectivity index (χ1v) is 5.65. The minimum Gasteiger partial charge on any atom is -0.367 e. The number of benzene rings is 2. The first-order valence-electron chi connectivity index (χ1n) is 5.65. The van der Waals surface area contributed by atoms with Gasteiger partial charge in [0, 0.05) is 24.8 Å². The van der Waals surface area contributed by atoms with Crippen molar-refractivity contribution in [3.05, 3.63) is 66.2 Å². The Labute approximate surface area is 97.3 Å². The van der Waals surface area contributed by atoms with Gasteiger partial charge in [-0.3, -0.25) is 0 Å². The second kappa shape index (κ2) is 5.36. The van der Waals surface area contributed by atoms with Crippen molar-refractivity contribution in [3.8, 4) is 0 Å². The predicted octanol–water partition coefficient (Wildman–Crippen LogP) is 3.51. The van der Waals surface area contributed by atoms with Gasteiger partial charge in [0.15, 0.2) is 0 Å². The van der Waals surface area contributed by atoms with Crippen molar-refractivity contribution in [2.45, 2.75) is 13.5 Å². The molecule has 0 heterocycles. The molecule has 0 unspecified atom stereocenters. The summed E-state index contributed by atoms with van der Waals surface area (Å²) in [6.07, 6.45) is 0. The average Bonchev–Trinajstić information content (AvgIpc) is 2.38. The summed E-state index contributed by atoms with van der Waals surface area (Å²) in [4.78, 5) is 2.31. The van der Waals surface area contributed by atoms with Crippen LogP contribution in [0.1, 0.15) is 12.5 Å². The summed E-state index contributed by atoms with van der Waals surface area (Å²) >= 11 is 0. The van der Waals surface area contributed by atoms with Crippen LogP contribution in [-0.2, 0) is 6.54 Å². The number of rotatable bonds is 4. The molecule has 2 aromatic carbocycles. The molecule has 1 nitrogen and oxygen atoms in total. The Bertz CT molecular complexity index is 408. The Kier molecular flexibility index (Phi) is 3.60. The van der Waals surface area contributed by atoms with E-state index in [2.05, 4.69) is 60.4 Å². The summed E-state index contributed by atoms with van der Waals surface area (Å²) in [5.74, 6) is 0. The highest BCUT2D eigenvalue weighted by atomic mass is 15.1. The Morgan fingerprint density at radius 3 is 2.38 bits per heavy atom. The molecule has 2 rings (SSSR count). The number of nitrogens with zero attached hydrogens (tertiary/aromatic N) is 1. The van der Waals surface area contributed by atoms with Crippen LogP contribution in [0.3, 0.4) is 0 Å². The molecule has 1 radical (unpaired) electrons. The van der Waals surface area contributed by atoms with Crippen LogP contribution in [0.4, 0.5) is 5.69 Å². The molecule has 81 valence electrons. The van der Waals surface area contributed by atoms with Crippen LogP contribution in [0.2, 0.25) is 0 Å². The molecule has 0 aliphatic rings. The Morgan fingerprint density at radius 1 is 1.00 bits per heavy atom. The van der Waals surface area contributed by atoms with Crippen molar-refractivity contribution in [3.63, 3.8) is 0 Å². The SMILES string of the molecule is CCN(Cc1ccccc1)c1[c]cccc1. The van der Waals surface area contributed by atoms with Crippen LogP contribution in [0.5, 0.6) is 0 Å². The highest BCUT2D eigenvalue weighted by molar-refractivity contribution is 5.45. The van der Waals surface area contributed by atoms with E-state index >= 15 is 0 Å². The minimum atomic E-state index is 0.942. The van der Waals surface area contributed by atoms with Crippen molar-refractivity contribution >= 4 is 5.69 Å². The van der Waals surface area contributed by atoms with Gasteiger partial charge in [-0.15, -0.1) is 0 Å². The van der Waals surface area contributed by atoms with E-state index < -0.39 is 0 Å². The lowest BCUT2D eigenvalue weighted by Gasteiger charge is -2.22. The maximum absolute atomic E-state index is 3.27. The van der Waals surface area contributed by atoms with Crippen LogP contribution in [0.25, 0.3) is 0 Å². The third kappa shape index (κ3) is 2.63. The molecule has 0 saturated heterocycles. The molecular weight excluding hydrogens is 194 g/mol. The maximum Gasteiger partial charge on any atom is 0.0449 e. The molecule has 0 bridgehead atoms. The lowest BCUT2D eigenvalue weighted by molar-refractivity contribution is 0.831. The quantitative estimate of drug-likeness (QED) is 0.746. The van der Waals surface area contributed by atoms with Crippen LogP contribution in [0.15, 0.2) is 54.6 Å². The van der Waals surface area contributed by atoms with Crippen LogP contribution in [0, 0.1) is 6.07 Å². The summed E-state index contributed by atoms with van der Waals surface area (Å²) in [6.45, 7) is 4.11. The Hall–Kier alpha value is -1.76. The van der Waals surface area contributed by atoms with E-state index in [9.17, 15) is 0 Å². The molecule has 0 amide bonds. The fourth-order valence-electron chi connectivity index (χ4n) is 1.75. The molecule has 2 aromatic rings. The topological polar surface area (TPSA) is 3.24 Å². The molecule has 0 aliphatic carbocycles. The van der Waals surface area contributed by atoms with E-state index in [-0.39, 0.29) is 0 Å². The zero-order valence-electron chi connectivity index (χ0n) is 9.56. The minimum absolute atomic E-state index is 0.942. The highest BCUT2D eigenvalue weighted by Gasteiger charge is 2.03. The van der Waals surface area contributed by atoms with Crippen molar-refractivity contribution in [1.82, 2.24) is 0 Å². The fourth-order valence-corrected chi connectivity index (χ4v) is 1.75. The van der Waals surface area contributed by atoms with Crippen molar-refractivity contribution in [2.24, 2.45) is 0 Å². The standard InChI is InChI=1S/C15H16N/c1-2-16(15-11-7-4-8-12-15)13-14-9-5-3-6-10-14/h3-11H,2,13H2,1H3. The molecule has 0 atom stereocenters. The van der Waals surface area contributed by atoms with Gasteiger partial charge in [0.1, 0.15) is 0 Å². The van der Waals surface area contributed by atoms with Crippen molar-refractivity contribution < 1.29 is 0 Å². The normalized spacial score (nSPS) is 10.1. The van der Waals surface area contributed by atoms with Crippen LogP contribution in [-0.4, -0.2) is 6.54 Å². The second-order valence-electron chi connectivity index (χ2n) is 3.75. The Balaban J connectivity index is 2.13. The number of para-hydroxylation sites is 1. The summed E-state index contributed by atoms with van der Waals surface area (Å²) in [5, 5.41) is 0. The molecule has 0 spiro atoms. The second-order valence-corrected chi connectivity index (χ2v) is 3.75. The van der Waals surface area contributed by atoms with Crippen LogP contribution >= 0.6 is 0 Å². The molecule has 0 fully saturated rings. The number of hydrogen-bond acceptors (Lipinski definition) is 1. The van der Waals surface area contributed by atoms with Gasteiger partial charge >= 0.3 is 0 Å². The van der Waals surface area contributed by atoms with Gasteiger partial charge in [-0.05, 0) is 18.6 Å². The average molecular weight is 210 g/mol. The first-order chi connectivity index (χ1) is 7.90. The molecule has 0 saturated carbocycles. The van der Waals surface area contributed by atoms with E-state index in [1.807, 2.05) is 12.1 Å². The third-order valence-corrected chi connectivity index (χ3v) is 2.63. The predicted molar refractivity (Wildman–Crippen MR) is 68.4 cm³/mol. The van der Waals surface area contributed by atoms with E-state index in [0.29, 0.717) is 0 Å². The first kappa shape index (κ1) is 10.7. The summed E-state index contributed by atoms with van der Waals surface area (Å²) < 4.78 is 0. The van der Waals surface area contributed by atoms with Crippen molar-refractivity contribution in [2.75, 3.05) is 11.4 Å². The van der Waals surface area contributed by atoms with E-state index in [0.717, 1.165) is 18.8 Å². The van der Waals surface area contributed by atoms with Gasteiger partial charge in [-0.25, -0.2) is 0 Å². The molecule has 0 aliphatic heterocycles. The largest absolute Gasteiger partial charge is 0.367 e. The van der Waals surface area contributed by atoms with E-state index in [4.69, 9.17) is 0 Å². The molecule has 0 aromatic heterocycles. The summed E-state index contributed by atoms with van der Waals surface area (Å²) in [5.41, 5.74) is 2.50. The lowest BCUT2D eigenvalue weighted by Crippen LogP contribution is -2.21. The van der Waals surface area contributed by atoms with Gasteiger partial charge in [0.25, 0.3) is 0 Å². The van der Waals surface area contributed by atoms with Gasteiger partial charge in [-0.1, -0.05) is 48.5 Å². The monoisotopic (exact) mass is 210 g/mol. The van der Waals surface area contributed by atoms with Gasteiger partial charge < -0.3 is 4.90 Å². The molecule has 0 N–H and O–H groups in total. The summed E-state index contributed by atoms with van der Waals surface area (Å²) in [7, 11) is 0. The van der Waals surface area contributed by atoms with Gasteiger partial charge in [-0.2, -0.15) is 0 Å². The van der Waals surface area contributed by atoms with E-state index in [1.165, 1.54) is 5.56 Å². The maximum atomic E-state index is 3.27. The van der Waals surface area contributed by atoms with E-state index in [1.54, 1.807) is 0 Å². The van der Waals surface area contributed by atoms with Gasteiger partial charge in [0.05, 0.1) is 0 Å². The fraction of sp³-hybridized carbons (Fsp3) is 0.200. The Morgan fingerprint density at radius 2 is 1.75 bits per heavy atom. The molecule has 16 heavy (non-hydrogen) atoms. The zero-order chi connectivity index (χ0) is 11.2. The third-order valence-electron chi connectivity index (χ3n) is 2.63. The summed E-state index contributed by atoms with van der Waals surface area (Å²) in [6, 6.07) is 21.9. The highest BCUT2D eigenvalue weighted by Crippen LogP contribution is 2.15. The van der Waals surface area contributed by atoms with Crippen LogP contribution < -0.4 is 4.90 Å². The van der Waals surface area contributed by atoms with Crippen molar-refractivity contribution in [1.29, 1.82) is 0 Å². The smallest absolute Gasteiger partial charge is 0.0449 e. The zero-order valence-corrected chi connectivity index (χ0v) is 9.56. The van der Waals surface area contributed by atoms with Gasteiger partial charge in [0.2, 0.25) is 0 Å².